The molecule has 0 atom stereocenters. The number of piperidine rings is 1. The maximum Gasteiger partial charge on any atom is 0.253 e. The van der Waals surface area contributed by atoms with Gasteiger partial charge in [-0.1, -0.05) is 11.6 Å². The minimum atomic E-state index is 0.0536. The van der Waals surface area contributed by atoms with E-state index in [0.717, 1.165) is 38.9 Å². The monoisotopic (exact) mass is 306 g/mol. The van der Waals surface area contributed by atoms with Crippen molar-refractivity contribution >= 4 is 23.4 Å². The molecular formula is C16H19ClN2O2. The second kappa shape index (κ2) is 6.06. The Labute approximate surface area is 129 Å². The Morgan fingerprint density at radius 1 is 1.10 bits per heavy atom. The fourth-order valence-corrected chi connectivity index (χ4v) is 3.34. The number of amides is 2. The molecule has 3 rings (SSSR count). The van der Waals surface area contributed by atoms with Gasteiger partial charge in [0.2, 0.25) is 5.91 Å². The molecule has 2 aliphatic heterocycles. The van der Waals surface area contributed by atoms with Crippen LogP contribution in [0, 0.1) is 0 Å². The van der Waals surface area contributed by atoms with Crippen LogP contribution in [0.3, 0.4) is 0 Å². The van der Waals surface area contributed by atoms with E-state index in [1.54, 1.807) is 24.3 Å². The van der Waals surface area contributed by atoms with Gasteiger partial charge in [0, 0.05) is 42.7 Å². The Balaban J connectivity index is 1.59. The molecule has 0 spiro atoms. The highest BCUT2D eigenvalue weighted by Gasteiger charge is 2.31. The summed E-state index contributed by atoms with van der Waals surface area (Å²) >= 11 is 5.85. The molecule has 2 fully saturated rings. The number of hydrogen-bond acceptors (Lipinski definition) is 2. The van der Waals surface area contributed by atoms with Crippen molar-refractivity contribution in [2.75, 3.05) is 19.6 Å². The van der Waals surface area contributed by atoms with E-state index >= 15 is 0 Å². The summed E-state index contributed by atoms with van der Waals surface area (Å²) in [6, 6.07) is 7.32. The maximum absolute atomic E-state index is 12.4. The molecule has 0 radical (unpaired) electrons. The Hall–Kier alpha value is -1.55. The molecule has 0 aliphatic carbocycles. The lowest BCUT2D eigenvalue weighted by Crippen LogP contribution is -2.47. The van der Waals surface area contributed by atoms with Crippen LogP contribution < -0.4 is 0 Å². The third-order valence-corrected chi connectivity index (χ3v) is 4.65. The summed E-state index contributed by atoms with van der Waals surface area (Å²) in [4.78, 5) is 28.1. The van der Waals surface area contributed by atoms with Gasteiger partial charge in [-0.3, -0.25) is 9.59 Å². The Morgan fingerprint density at radius 2 is 1.76 bits per heavy atom. The van der Waals surface area contributed by atoms with Crippen molar-refractivity contribution in [1.82, 2.24) is 9.80 Å². The van der Waals surface area contributed by atoms with E-state index in [-0.39, 0.29) is 11.8 Å². The second-order valence-corrected chi connectivity index (χ2v) is 6.16. The number of carbonyl (C=O) groups excluding carboxylic acids is 2. The van der Waals surface area contributed by atoms with Gasteiger partial charge in [0.25, 0.3) is 5.91 Å². The predicted octanol–water partition coefficient (Wildman–Crippen LogP) is 2.57. The van der Waals surface area contributed by atoms with E-state index in [1.807, 2.05) is 9.80 Å². The molecule has 112 valence electrons. The van der Waals surface area contributed by atoms with Crippen LogP contribution in [0.15, 0.2) is 24.3 Å². The first-order valence-corrected chi connectivity index (χ1v) is 7.87. The van der Waals surface area contributed by atoms with Crippen LogP contribution in [-0.2, 0) is 4.79 Å². The van der Waals surface area contributed by atoms with Crippen LogP contribution in [0.1, 0.15) is 36.0 Å². The van der Waals surface area contributed by atoms with Crippen LogP contribution in [-0.4, -0.2) is 47.3 Å². The molecule has 2 heterocycles. The molecule has 0 N–H and O–H groups in total. The molecule has 0 saturated carbocycles. The van der Waals surface area contributed by atoms with Crippen molar-refractivity contribution < 1.29 is 9.59 Å². The highest BCUT2D eigenvalue weighted by Crippen LogP contribution is 2.23. The number of carbonyl (C=O) groups is 2. The standard InChI is InChI=1S/C16H19ClN2O2/c17-13-5-3-12(4-6-13)16(21)18-10-7-14(8-11-18)19-9-1-2-15(19)20/h3-6,14H,1-2,7-11H2. The van der Waals surface area contributed by atoms with Crippen molar-refractivity contribution in [3.8, 4) is 0 Å². The van der Waals surface area contributed by atoms with Crippen LogP contribution in [0.2, 0.25) is 5.02 Å². The zero-order valence-electron chi connectivity index (χ0n) is 11.9. The van der Waals surface area contributed by atoms with Crippen LogP contribution in [0.4, 0.5) is 0 Å². The van der Waals surface area contributed by atoms with Crippen molar-refractivity contribution in [3.63, 3.8) is 0 Å². The summed E-state index contributed by atoms with van der Waals surface area (Å²) in [6.45, 7) is 2.32. The first kappa shape index (κ1) is 14.4. The Kier molecular flexibility index (Phi) is 4.15. The number of halogens is 1. The molecule has 5 heteroatoms. The fraction of sp³-hybridized carbons (Fsp3) is 0.500. The van der Waals surface area contributed by atoms with Crippen molar-refractivity contribution in [3.05, 3.63) is 34.9 Å². The smallest absolute Gasteiger partial charge is 0.253 e. The number of nitrogens with zero attached hydrogens (tertiary/aromatic N) is 2. The lowest BCUT2D eigenvalue weighted by Gasteiger charge is -2.36. The molecule has 0 aromatic heterocycles. The highest BCUT2D eigenvalue weighted by atomic mass is 35.5. The topological polar surface area (TPSA) is 40.6 Å². The molecule has 2 saturated heterocycles. The molecule has 1 aromatic carbocycles. The van der Waals surface area contributed by atoms with Crippen LogP contribution in [0.25, 0.3) is 0 Å². The first-order chi connectivity index (χ1) is 10.1. The van der Waals surface area contributed by atoms with Crippen LogP contribution >= 0.6 is 11.6 Å². The normalized spacial score (nSPS) is 20.1. The lowest BCUT2D eigenvalue weighted by molar-refractivity contribution is -0.130. The lowest BCUT2D eigenvalue weighted by atomic mass is 10.0. The van der Waals surface area contributed by atoms with E-state index in [0.29, 0.717) is 23.0 Å². The SMILES string of the molecule is O=C(c1ccc(Cl)cc1)N1CCC(N2CCCC2=O)CC1. The molecule has 0 bridgehead atoms. The van der Waals surface area contributed by atoms with Gasteiger partial charge in [-0.2, -0.15) is 0 Å². The summed E-state index contributed by atoms with van der Waals surface area (Å²) in [5, 5.41) is 0.637. The molecule has 2 aliphatic rings. The van der Waals surface area contributed by atoms with Crippen molar-refractivity contribution in [2.45, 2.75) is 31.7 Å². The maximum atomic E-state index is 12.4. The van der Waals surface area contributed by atoms with Gasteiger partial charge in [-0.25, -0.2) is 0 Å². The first-order valence-electron chi connectivity index (χ1n) is 7.49. The van der Waals surface area contributed by atoms with E-state index in [4.69, 9.17) is 11.6 Å². The highest BCUT2D eigenvalue weighted by molar-refractivity contribution is 6.30. The van der Waals surface area contributed by atoms with E-state index in [2.05, 4.69) is 0 Å². The number of likely N-dealkylation sites (tertiary alicyclic amines) is 2. The van der Waals surface area contributed by atoms with Crippen molar-refractivity contribution in [2.24, 2.45) is 0 Å². The van der Waals surface area contributed by atoms with E-state index in [1.165, 1.54) is 0 Å². The molecular weight excluding hydrogens is 288 g/mol. The average molecular weight is 307 g/mol. The van der Waals surface area contributed by atoms with Gasteiger partial charge in [-0.05, 0) is 43.5 Å². The zero-order chi connectivity index (χ0) is 14.8. The molecule has 21 heavy (non-hydrogen) atoms. The molecule has 0 unspecified atom stereocenters. The summed E-state index contributed by atoms with van der Waals surface area (Å²) in [5.41, 5.74) is 0.676. The quantitative estimate of drug-likeness (QED) is 0.842. The largest absolute Gasteiger partial charge is 0.340 e. The van der Waals surface area contributed by atoms with Crippen LogP contribution in [0.5, 0.6) is 0 Å². The zero-order valence-corrected chi connectivity index (χ0v) is 12.7. The van der Waals surface area contributed by atoms with E-state index < -0.39 is 0 Å². The Morgan fingerprint density at radius 3 is 2.33 bits per heavy atom. The molecule has 4 nitrogen and oxygen atoms in total. The van der Waals surface area contributed by atoms with Gasteiger partial charge in [0.05, 0.1) is 0 Å². The number of hydrogen-bond donors (Lipinski definition) is 0. The summed E-state index contributed by atoms with van der Waals surface area (Å²) in [5.74, 6) is 0.329. The van der Waals surface area contributed by atoms with Gasteiger partial charge in [-0.15, -0.1) is 0 Å². The summed E-state index contributed by atoms with van der Waals surface area (Å²) in [6.07, 6.45) is 3.42. The minimum Gasteiger partial charge on any atom is -0.340 e. The average Bonchev–Trinajstić information content (AvgIpc) is 2.94. The summed E-state index contributed by atoms with van der Waals surface area (Å²) in [7, 11) is 0. The molecule has 1 aromatic rings. The third-order valence-electron chi connectivity index (χ3n) is 4.39. The van der Waals surface area contributed by atoms with Gasteiger partial charge in [0.1, 0.15) is 0 Å². The minimum absolute atomic E-state index is 0.0536. The van der Waals surface area contributed by atoms with E-state index in [9.17, 15) is 9.59 Å². The Bertz CT molecular complexity index is 536. The second-order valence-electron chi connectivity index (χ2n) is 5.72. The summed E-state index contributed by atoms with van der Waals surface area (Å²) < 4.78 is 0. The number of rotatable bonds is 2. The van der Waals surface area contributed by atoms with Gasteiger partial charge >= 0.3 is 0 Å². The van der Waals surface area contributed by atoms with Crippen molar-refractivity contribution in [1.29, 1.82) is 0 Å². The molecule has 2 amide bonds. The van der Waals surface area contributed by atoms with Gasteiger partial charge in [0.15, 0.2) is 0 Å². The number of benzene rings is 1. The predicted molar refractivity (Wildman–Crippen MR) is 81.3 cm³/mol. The van der Waals surface area contributed by atoms with Gasteiger partial charge < -0.3 is 9.80 Å². The third kappa shape index (κ3) is 3.05. The fourth-order valence-electron chi connectivity index (χ4n) is 3.21.